The van der Waals surface area contributed by atoms with Gasteiger partial charge in [0.1, 0.15) is 0 Å². The molecule has 15 heavy (non-hydrogen) atoms. The Morgan fingerprint density at radius 1 is 1.33 bits per heavy atom. The molecule has 86 valence electrons. The van der Waals surface area contributed by atoms with E-state index in [2.05, 4.69) is 12.2 Å². The van der Waals surface area contributed by atoms with Crippen LogP contribution in [0.25, 0.3) is 0 Å². The van der Waals surface area contributed by atoms with Gasteiger partial charge in [-0.1, -0.05) is 6.92 Å². The lowest BCUT2D eigenvalue weighted by Gasteiger charge is -2.32. The van der Waals surface area contributed by atoms with Gasteiger partial charge in [0, 0.05) is 13.1 Å². The highest BCUT2D eigenvalue weighted by molar-refractivity contribution is 5.82. The fourth-order valence-corrected chi connectivity index (χ4v) is 2.45. The number of hydrogen-bond acceptors (Lipinski definition) is 3. The third kappa shape index (κ3) is 2.32. The number of likely N-dealkylation sites (tertiary alicyclic amines) is 1. The number of carbonyl (C=O) groups excluding carboxylic acids is 1. The van der Waals surface area contributed by atoms with Gasteiger partial charge in [0.15, 0.2) is 0 Å². The van der Waals surface area contributed by atoms with Crippen LogP contribution < -0.4 is 5.32 Å². The minimum absolute atomic E-state index is 0.0141. The van der Waals surface area contributed by atoms with Gasteiger partial charge in [-0.3, -0.25) is 4.79 Å². The summed E-state index contributed by atoms with van der Waals surface area (Å²) in [6.45, 7) is 4.51. The average molecular weight is 212 g/mol. The number of rotatable bonds is 1. The first kappa shape index (κ1) is 10.9. The predicted molar refractivity (Wildman–Crippen MR) is 57.4 cm³/mol. The van der Waals surface area contributed by atoms with Crippen molar-refractivity contribution in [1.82, 2.24) is 10.2 Å². The van der Waals surface area contributed by atoms with Gasteiger partial charge in [0.2, 0.25) is 5.91 Å². The SMILES string of the molecule is CC1CCNC1C(=O)N1CCC(O)CC1. The van der Waals surface area contributed by atoms with Gasteiger partial charge in [-0.15, -0.1) is 0 Å². The minimum Gasteiger partial charge on any atom is -0.393 e. The molecular formula is C11H20N2O2. The summed E-state index contributed by atoms with van der Waals surface area (Å²) < 4.78 is 0. The molecule has 2 fully saturated rings. The maximum Gasteiger partial charge on any atom is 0.239 e. The second kappa shape index (κ2) is 4.49. The molecule has 2 unspecified atom stereocenters. The molecule has 0 saturated carbocycles. The van der Waals surface area contributed by atoms with Crippen molar-refractivity contribution in [3.63, 3.8) is 0 Å². The van der Waals surface area contributed by atoms with E-state index < -0.39 is 0 Å². The largest absolute Gasteiger partial charge is 0.393 e. The molecule has 0 radical (unpaired) electrons. The van der Waals surface area contributed by atoms with E-state index in [-0.39, 0.29) is 18.1 Å². The zero-order valence-electron chi connectivity index (χ0n) is 9.28. The molecule has 4 nitrogen and oxygen atoms in total. The highest BCUT2D eigenvalue weighted by atomic mass is 16.3. The summed E-state index contributed by atoms with van der Waals surface area (Å²) >= 11 is 0. The molecule has 2 N–H and O–H groups in total. The molecule has 2 atom stereocenters. The molecule has 0 aromatic rings. The van der Waals surface area contributed by atoms with Crippen molar-refractivity contribution in [1.29, 1.82) is 0 Å². The number of nitrogens with zero attached hydrogens (tertiary/aromatic N) is 1. The van der Waals surface area contributed by atoms with Gasteiger partial charge in [0.25, 0.3) is 0 Å². The van der Waals surface area contributed by atoms with Crippen LogP contribution in [0.15, 0.2) is 0 Å². The van der Waals surface area contributed by atoms with Crippen molar-refractivity contribution in [3.05, 3.63) is 0 Å². The van der Waals surface area contributed by atoms with Crippen LogP contribution >= 0.6 is 0 Å². The third-order valence-electron chi connectivity index (χ3n) is 3.58. The summed E-state index contributed by atoms with van der Waals surface area (Å²) in [5.74, 6) is 0.677. The molecule has 2 saturated heterocycles. The second-order valence-corrected chi connectivity index (χ2v) is 4.75. The summed E-state index contributed by atoms with van der Waals surface area (Å²) in [6, 6.07) is 0.0141. The molecule has 0 spiro atoms. The fraction of sp³-hybridized carbons (Fsp3) is 0.909. The van der Waals surface area contributed by atoms with Crippen LogP contribution in [0.2, 0.25) is 0 Å². The number of carbonyl (C=O) groups is 1. The van der Waals surface area contributed by atoms with Crippen molar-refractivity contribution < 1.29 is 9.90 Å². The Bertz CT molecular complexity index is 237. The fourth-order valence-electron chi connectivity index (χ4n) is 2.45. The first-order valence-corrected chi connectivity index (χ1v) is 5.88. The zero-order valence-corrected chi connectivity index (χ0v) is 9.28. The number of hydrogen-bond donors (Lipinski definition) is 2. The Morgan fingerprint density at radius 2 is 2.00 bits per heavy atom. The van der Waals surface area contributed by atoms with Crippen molar-refractivity contribution in [3.8, 4) is 0 Å². The Hall–Kier alpha value is -0.610. The summed E-state index contributed by atoms with van der Waals surface area (Å²) in [4.78, 5) is 14.0. The number of aliphatic hydroxyl groups is 1. The number of piperidine rings is 1. The molecule has 0 aliphatic carbocycles. The third-order valence-corrected chi connectivity index (χ3v) is 3.58. The molecule has 2 aliphatic rings. The highest BCUT2D eigenvalue weighted by Gasteiger charge is 2.33. The number of aliphatic hydroxyl groups excluding tert-OH is 1. The monoisotopic (exact) mass is 212 g/mol. The average Bonchev–Trinajstić information content (AvgIpc) is 2.65. The first-order chi connectivity index (χ1) is 7.18. The number of nitrogens with one attached hydrogen (secondary N) is 1. The Kier molecular flexibility index (Phi) is 3.26. The van der Waals surface area contributed by atoms with E-state index in [0.717, 1.165) is 25.8 Å². The van der Waals surface area contributed by atoms with E-state index in [1.165, 1.54) is 0 Å². The Balaban J connectivity index is 1.90. The molecule has 2 rings (SSSR count). The molecule has 0 aromatic heterocycles. The lowest BCUT2D eigenvalue weighted by atomic mass is 10.0. The maximum absolute atomic E-state index is 12.1. The van der Waals surface area contributed by atoms with Crippen LogP contribution in [0.1, 0.15) is 26.2 Å². The smallest absolute Gasteiger partial charge is 0.239 e. The van der Waals surface area contributed by atoms with Gasteiger partial charge >= 0.3 is 0 Å². The molecule has 1 amide bonds. The van der Waals surface area contributed by atoms with E-state index in [4.69, 9.17) is 0 Å². The molecular weight excluding hydrogens is 192 g/mol. The lowest BCUT2D eigenvalue weighted by Crippen LogP contribution is -2.49. The Labute approximate surface area is 90.6 Å². The van der Waals surface area contributed by atoms with Crippen molar-refractivity contribution in [2.45, 2.75) is 38.3 Å². The summed E-state index contributed by atoms with van der Waals surface area (Å²) in [5, 5.41) is 12.6. The zero-order chi connectivity index (χ0) is 10.8. The molecule has 4 heteroatoms. The molecule has 0 aromatic carbocycles. The molecule has 2 aliphatic heterocycles. The van der Waals surface area contributed by atoms with Gasteiger partial charge in [-0.25, -0.2) is 0 Å². The van der Waals surface area contributed by atoms with E-state index >= 15 is 0 Å². The summed E-state index contributed by atoms with van der Waals surface area (Å²) in [5.41, 5.74) is 0. The van der Waals surface area contributed by atoms with Crippen molar-refractivity contribution in [2.75, 3.05) is 19.6 Å². The van der Waals surface area contributed by atoms with Gasteiger partial charge in [0.05, 0.1) is 12.1 Å². The number of amides is 1. The van der Waals surface area contributed by atoms with Crippen LogP contribution in [0.3, 0.4) is 0 Å². The molecule has 2 heterocycles. The van der Waals surface area contributed by atoms with Gasteiger partial charge in [-0.05, 0) is 31.7 Å². The van der Waals surface area contributed by atoms with Gasteiger partial charge < -0.3 is 15.3 Å². The standard InChI is InChI=1S/C11H20N2O2/c1-8-2-5-12-10(8)11(15)13-6-3-9(14)4-7-13/h8-10,12,14H,2-7H2,1H3. The van der Waals surface area contributed by atoms with E-state index in [1.54, 1.807) is 0 Å². The summed E-state index contributed by atoms with van der Waals surface area (Å²) in [7, 11) is 0. The molecule has 0 bridgehead atoms. The normalized spacial score (nSPS) is 33.3. The van der Waals surface area contributed by atoms with Crippen molar-refractivity contribution in [2.24, 2.45) is 5.92 Å². The van der Waals surface area contributed by atoms with Crippen LogP contribution in [0.4, 0.5) is 0 Å². The van der Waals surface area contributed by atoms with E-state index in [1.807, 2.05) is 4.90 Å². The van der Waals surface area contributed by atoms with Crippen LogP contribution in [0.5, 0.6) is 0 Å². The van der Waals surface area contributed by atoms with E-state index in [9.17, 15) is 9.90 Å². The highest BCUT2D eigenvalue weighted by Crippen LogP contribution is 2.19. The Morgan fingerprint density at radius 3 is 2.53 bits per heavy atom. The predicted octanol–water partition coefficient (Wildman–Crippen LogP) is -0.0323. The second-order valence-electron chi connectivity index (χ2n) is 4.75. The van der Waals surface area contributed by atoms with Gasteiger partial charge in [-0.2, -0.15) is 0 Å². The first-order valence-electron chi connectivity index (χ1n) is 5.88. The van der Waals surface area contributed by atoms with Crippen LogP contribution in [0, 0.1) is 5.92 Å². The van der Waals surface area contributed by atoms with Crippen LogP contribution in [-0.2, 0) is 4.79 Å². The van der Waals surface area contributed by atoms with E-state index in [0.29, 0.717) is 19.0 Å². The summed E-state index contributed by atoms with van der Waals surface area (Å²) in [6.07, 6.45) is 2.34. The topological polar surface area (TPSA) is 52.6 Å². The quantitative estimate of drug-likeness (QED) is 0.641. The lowest BCUT2D eigenvalue weighted by molar-refractivity contribution is -0.135. The maximum atomic E-state index is 12.1. The minimum atomic E-state index is -0.206. The van der Waals surface area contributed by atoms with Crippen LogP contribution in [-0.4, -0.2) is 47.7 Å². The van der Waals surface area contributed by atoms with Crippen molar-refractivity contribution >= 4 is 5.91 Å².